The third-order valence-corrected chi connectivity index (χ3v) is 4.51. The van der Waals surface area contributed by atoms with E-state index in [9.17, 15) is 0 Å². The van der Waals surface area contributed by atoms with E-state index in [0.717, 1.165) is 44.7 Å². The lowest BCUT2D eigenvalue weighted by atomic mass is 10.1. The summed E-state index contributed by atoms with van der Waals surface area (Å²) in [5.74, 6) is 0. The van der Waals surface area contributed by atoms with Crippen molar-refractivity contribution in [1.82, 2.24) is 15.0 Å². The van der Waals surface area contributed by atoms with Crippen molar-refractivity contribution in [3.05, 3.63) is 53.4 Å². The summed E-state index contributed by atoms with van der Waals surface area (Å²) in [5.41, 5.74) is 6.74. The zero-order chi connectivity index (χ0) is 17.6. The van der Waals surface area contributed by atoms with Crippen LogP contribution in [0.4, 0.5) is 17.1 Å². The number of aryl methyl sites for hydroxylation is 1. The minimum Gasteiger partial charge on any atom is -0.376 e. The van der Waals surface area contributed by atoms with Crippen LogP contribution in [0.15, 0.2) is 42.7 Å². The first-order chi connectivity index (χ1) is 12.0. The molecule has 2 aromatic carbocycles. The number of halogens is 1. The lowest BCUT2D eigenvalue weighted by Crippen LogP contribution is -2.09. The molecule has 4 aromatic rings. The first-order valence-electron chi connectivity index (χ1n) is 8.00. The Balaban J connectivity index is 1.86. The average molecular weight is 352 g/mol. The molecule has 0 radical (unpaired) electrons. The molecule has 0 aliphatic heterocycles. The summed E-state index contributed by atoms with van der Waals surface area (Å²) < 4.78 is 0. The molecule has 2 aromatic heterocycles. The van der Waals surface area contributed by atoms with E-state index in [1.165, 1.54) is 0 Å². The standard InChI is InChI=1S/C19H18ClN5/c1-11-8-16(24-12-4-7-17(25(2)3)13(20)9-12)18-14(23-11)5-6-15-19(18)22-10-21-15/h4-10,23-24H,1-3H3. The highest BCUT2D eigenvalue weighted by Crippen LogP contribution is 2.33. The zero-order valence-electron chi connectivity index (χ0n) is 14.3. The summed E-state index contributed by atoms with van der Waals surface area (Å²) in [7, 11) is 3.95. The monoisotopic (exact) mass is 351 g/mol. The van der Waals surface area contributed by atoms with E-state index in [4.69, 9.17) is 11.6 Å². The maximum absolute atomic E-state index is 6.41. The molecule has 0 unspecified atom stereocenters. The second-order valence-electron chi connectivity index (χ2n) is 6.28. The quantitative estimate of drug-likeness (QED) is 0.552. The average Bonchev–Trinajstić information content (AvgIpc) is 3.02. The topological polar surface area (TPSA) is 56.8 Å². The lowest BCUT2D eigenvalue weighted by Gasteiger charge is -2.17. The van der Waals surface area contributed by atoms with Gasteiger partial charge in [0.1, 0.15) is 11.8 Å². The molecule has 0 spiro atoms. The van der Waals surface area contributed by atoms with E-state index in [2.05, 4.69) is 26.3 Å². The van der Waals surface area contributed by atoms with Crippen LogP contribution in [-0.4, -0.2) is 29.0 Å². The van der Waals surface area contributed by atoms with Gasteiger partial charge in [0.15, 0.2) is 0 Å². The lowest BCUT2D eigenvalue weighted by molar-refractivity contribution is 1.13. The first-order valence-corrected chi connectivity index (χ1v) is 8.37. The molecule has 126 valence electrons. The van der Waals surface area contributed by atoms with Gasteiger partial charge in [-0.15, -0.1) is 0 Å². The minimum atomic E-state index is 0.705. The molecule has 0 bridgehead atoms. The number of anilines is 3. The highest BCUT2D eigenvalue weighted by atomic mass is 35.5. The molecule has 0 atom stereocenters. The number of aromatic nitrogens is 3. The van der Waals surface area contributed by atoms with Gasteiger partial charge in [-0.3, -0.25) is 0 Å². The van der Waals surface area contributed by atoms with Gasteiger partial charge in [0, 0.05) is 36.4 Å². The Morgan fingerprint density at radius 3 is 2.68 bits per heavy atom. The van der Waals surface area contributed by atoms with Crippen LogP contribution in [0.3, 0.4) is 0 Å². The number of nitrogens with zero attached hydrogens (tertiary/aromatic N) is 3. The van der Waals surface area contributed by atoms with Crippen molar-refractivity contribution in [2.75, 3.05) is 24.3 Å². The minimum absolute atomic E-state index is 0.705. The van der Waals surface area contributed by atoms with Gasteiger partial charge in [0.2, 0.25) is 0 Å². The summed E-state index contributed by atoms with van der Waals surface area (Å²) in [6.07, 6.45) is 1.59. The van der Waals surface area contributed by atoms with Gasteiger partial charge in [-0.05, 0) is 43.3 Å². The van der Waals surface area contributed by atoms with Crippen molar-refractivity contribution < 1.29 is 0 Å². The summed E-state index contributed by atoms with van der Waals surface area (Å²) >= 11 is 6.41. The highest BCUT2D eigenvalue weighted by molar-refractivity contribution is 6.33. The Kier molecular flexibility index (Phi) is 3.73. The van der Waals surface area contributed by atoms with Crippen molar-refractivity contribution in [3.8, 4) is 0 Å². The van der Waals surface area contributed by atoms with E-state index in [1.54, 1.807) is 6.33 Å². The number of pyridine rings is 1. The number of fused-ring (bicyclic) bond motifs is 3. The van der Waals surface area contributed by atoms with Crippen molar-refractivity contribution in [2.45, 2.75) is 6.92 Å². The molecule has 0 aliphatic rings. The van der Waals surface area contributed by atoms with Crippen molar-refractivity contribution in [3.63, 3.8) is 0 Å². The van der Waals surface area contributed by atoms with E-state index >= 15 is 0 Å². The maximum atomic E-state index is 6.41. The molecule has 0 saturated carbocycles. The number of H-pyrrole nitrogens is 1. The van der Waals surface area contributed by atoms with Crippen LogP contribution in [0.5, 0.6) is 0 Å². The smallest absolute Gasteiger partial charge is 0.116 e. The van der Waals surface area contributed by atoms with Crippen molar-refractivity contribution >= 4 is 50.6 Å². The predicted octanol–water partition coefficient (Wildman–Crippen LogP) is 4.88. The summed E-state index contributed by atoms with van der Waals surface area (Å²) in [4.78, 5) is 14.1. The van der Waals surface area contributed by atoms with Gasteiger partial charge < -0.3 is 15.2 Å². The van der Waals surface area contributed by atoms with Crippen LogP contribution >= 0.6 is 11.6 Å². The molecular formula is C19H18ClN5. The van der Waals surface area contributed by atoms with Gasteiger partial charge in [-0.1, -0.05) is 11.6 Å². The number of rotatable bonds is 3. The normalized spacial score (nSPS) is 11.2. The molecule has 25 heavy (non-hydrogen) atoms. The third-order valence-electron chi connectivity index (χ3n) is 4.21. The Labute approximate surface area is 150 Å². The van der Waals surface area contributed by atoms with Crippen LogP contribution in [0.25, 0.3) is 21.9 Å². The number of hydrogen-bond donors (Lipinski definition) is 2. The van der Waals surface area contributed by atoms with Crippen molar-refractivity contribution in [2.24, 2.45) is 0 Å². The van der Waals surface area contributed by atoms with Crippen LogP contribution in [-0.2, 0) is 0 Å². The highest BCUT2D eigenvalue weighted by Gasteiger charge is 2.11. The summed E-state index contributed by atoms with van der Waals surface area (Å²) in [6, 6.07) is 12.1. The molecule has 0 saturated heterocycles. The molecule has 0 aliphatic carbocycles. The predicted molar refractivity (Wildman–Crippen MR) is 105 cm³/mol. The fraction of sp³-hybridized carbons (Fsp3) is 0.158. The Bertz CT molecular complexity index is 1080. The second-order valence-corrected chi connectivity index (χ2v) is 6.69. The molecular weight excluding hydrogens is 334 g/mol. The zero-order valence-corrected chi connectivity index (χ0v) is 15.0. The van der Waals surface area contributed by atoms with Gasteiger partial charge in [-0.25, -0.2) is 9.97 Å². The van der Waals surface area contributed by atoms with Crippen LogP contribution < -0.4 is 10.2 Å². The maximum Gasteiger partial charge on any atom is 0.116 e. The van der Waals surface area contributed by atoms with Crippen LogP contribution in [0.2, 0.25) is 5.02 Å². The van der Waals surface area contributed by atoms with Gasteiger partial charge in [0.25, 0.3) is 0 Å². The largest absolute Gasteiger partial charge is 0.376 e. The van der Waals surface area contributed by atoms with E-state index in [0.29, 0.717) is 5.02 Å². The van der Waals surface area contributed by atoms with Crippen LogP contribution in [0, 0.1) is 6.92 Å². The van der Waals surface area contributed by atoms with Crippen molar-refractivity contribution in [1.29, 1.82) is 0 Å². The van der Waals surface area contributed by atoms with E-state index in [-0.39, 0.29) is 0 Å². The molecule has 2 heterocycles. The fourth-order valence-electron chi connectivity index (χ4n) is 3.08. The SMILES string of the molecule is Cc1cc(Nc2ccc(N(C)C)c(Cl)c2)c2c(ccc3ncnc32)[nH]1. The van der Waals surface area contributed by atoms with Gasteiger partial charge in [0.05, 0.1) is 21.9 Å². The number of benzene rings is 2. The molecule has 0 amide bonds. The van der Waals surface area contributed by atoms with E-state index in [1.807, 2.05) is 56.3 Å². The van der Waals surface area contributed by atoms with Gasteiger partial charge in [-0.2, -0.15) is 0 Å². The number of aromatic amines is 1. The molecule has 4 rings (SSSR count). The second kappa shape index (κ2) is 5.93. The Morgan fingerprint density at radius 2 is 1.92 bits per heavy atom. The van der Waals surface area contributed by atoms with Gasteiger partial charge >= 0.3 is 0 Å². The fourth-order valence-corrected chi connectivity index (χ4v) is 3.43. The number of nitrogens with one attached hydrogen (secondary N) is 2. The Morgan fingerprint density at radius 1 is 1.08 bits per heavy atom. The number of imidazole rings is 1. The molecule has 6 heteroatoms. The third kappa shape index (κ3) is 2.76. The number of hydrogen-bond acceptors (Lipinski definition) is 4. The molecule has 2 N–H and O–H groups in total. The Hall–Kier alpha value is -2.79. The molecule has 0 fully saturated rings. The van der Waals surface area contributed by atoms with Crippen LogP contribution in [0.1, 0.15) is 5.69 Å². The first kappa shape index (κ1) is 15.7. The summed E-state index contributed by atoms with van der Waals surface area (Å²) in [5, 5.41) is 5.21. The summed E-state index contributed by atoms with van der Waals surface area (Å²) in [6.45, 7) is 2.04. The molecule has 5 nitrogen and oxygen atoms in total. The van der Waals surface area contributed by atoms with E-state index < -0.39 is 0 Å².